The maximum Gasteiger partial charge on any atom is 0.0485 e. The zero-order chi connectivity index (χ0) is 14.5. The first-order valence-electron chi connectivity index (χ1n) is 7.77. The van der Waals surface area contributed by atoms with Crippen molar-refractivity contribution < 1.29 is 4.74 Å². The van der Waals surface area contributed by atoms with Gasteiger partial charge in [0.1, 0.15) is 0 Å². The SMILES string of the molecule is CCC(N)Cc1ccc(N(C)C2CCOCC2)c(C)c1. The van der Waals surface area contributed by atoms with Gasteiger partial charge in [-0.15, -0.1) is 0 Å². The van der Waals surface area contributed by atoms with Crippen LogP contribution in [0.15, 0.2) is 18.2 Å². The fourth-order valence-electron chi connectivity index (χ4n) is 2.96. The Labute approximate surface area is 123 Å². The second-order valence-electron chi connectivity index (χ2n) is 5.95. The van der Waals surface area contributed by atoms with Gasteiger partial charge in [-0.3, -0.25) is 0 Å². The quantitative estimate of drug-likeness (QED) is 0.898. The number of ether oxygens (including phenoxy) is 1. The number of benzene rings is 1. The van der Waals surface area contributed by atoms with Crippen LogP contribution in [-0.4, -0.2) is 32.3 Å². The molecule has 3 nitrogen and oxygen atoms in total. The highest BCUT2D eigenvalue weighted by molar-refractivity contribution is 5.54. The molecule has 20 heavy (non-hydrogen) atoms. The maximum atomic E-state index is 6.05. The number of anilines is 1. The highest BCUT2D eigenvalue weighted by Gasteiger charge is 2.19. The van der Waals surface area contributed by atoms with E-state index in [2.05, 4.69) is 44.0 Å². The van der Waals surface area contributed by atoms with Crippen molar-refractivity contribution in [3.8, 4) is 0 Å². The standard InChI is InChI=1S/C17H28N2O/c1-4-15(18)12-14-5-6-17(13(2)11-14)19(3)16-7-9-20-10-8-16/h5-6,11,15-16H,4,7-10,12,18H2,1-3H3. The minimum Gasteiger partial charge on any atom is -0.381 e. The van der Waals surface area contributed by atoms with Crippen LogP contribution in [0.25, 0.3) is 0 Å². The van der Waals surface area contributed by atoms with Gasteiger partial charge >= 0.3 is 0 Å². The zero-order valence-corrected chi connectivity index (χ0v) is 13.1. The first-order valence-corrected chi connectivity index (χ1v) is 7.77. The third kappa shape index (κ3) is 3.74. The summed E-state index contributed by atoms with van der Waals surface area (Å²) < 4.78 is 5.45. The minimum absolute atomic E-state index is 0.272. The molecule has 0 bridgehead atoms. The van der Waals surface area contributed by atoms with Gasteiger partial charge in [-0.25, -0.2) is 0 Å². The second-order valence-corrected chi connectivity index (χ2v) is 5.95. The average molecular weight is 276 g/mol. The van der Waals surface area contributed by atoms with E-state index in [1.807, 2.05) is 0 Å². The molecule has 0 radical (unpaired) electrons. The molecule has 1 unspecified atom stereocenters. The molecule has 1 aliphatic heterocycles. The number of nitrogens with zero attached hydrogens (tertiary/aromatic N) is 1. The van der Waals surface area contributed by atoms with Crippen LogP contribution in [0.4, 0.5) is 5.69 Å². The monoisotopic (exact) mass is 276 g/mol. The van der Waals surface area contributed by atoms with E-state index in [-0.39, 0.29) is 6.04 Å². The van der Waals surface area contributed by atoms with Crippen LogP contribution in [0.3, 0.4) is 0 Å². The first-order chi connectivity index (χ1) is 9.61. The molecule has 1 aromatic rings. The minimum atomic E-state index is 0.272. The molecule has 1 aliphatic rings. The van der Waals surface area contributed by atoms with Crippen LogP contribution >= 0.6 is 0 Å². The fraction of sp³-hybridized carbons (Fsp3) is 0.647. The van der Waals surface area contributed by atoms with Crippen molar-refractivity contribution in [3.05, 3.63) is 29.3 Å². The van der Waals surface area contributed by atoms with E-state index >= 15 is 0 Å². The van der Waals surface area contributed by atoms with Gasteiger partial charge in [0.05, 0.1) is 0 Å². The Bertz CT molecular complexity index is 427. The number of aryl methyl sites for hydroxylation is 1. The van der Waals surface area contributed by atoms with Crippen LogP contribution in [0.5, 0.6) is 0 Å². The predicted molar refractivity (Wildman–Crippen MR) is 85.4 cm³/mol. The highest BCUT2D eigenvalue weighted by Crippen LogP contribution is 2.26. The van der Waals surface area contributed by atoms with Crippen molar-refractivity contribution in [2.24, 2.45) is 5.73 Å². The van der Waals surface area contributed by atoms with Crippen molar-refractivity contribution in [1.82, 2.24) is 0 Å². The van der Waals surface area contributed by atoms with E-state index in [9.17, 15) is 0 Å². The molecule has 1 heterocycles. The third-order valence-electron chi connectivity index (χ3n) is 4.40. The molecular weight excluding hydrogens is 248 g/mol. The summed E-state index contributed by atoms with van der Waals surface area (Å²) in [6, 6.07) is 7.65. The van der Waals surface area contributed by atoms with E-state index in [0.717, 1.165) is 38.9 Å². The maximum absolute atomic E-state index is 6.05. The zero-order valence-electron chi connectivity index (χ0n) is 13.1. The van der Waals surface area contributed by atoms with Crippen molar-refractivity contribution in [3.63, 3.8) is 0 Å². The smallest absolute Gasteiger partial charge is 0.0485 e. The van der Waals surface area contributed by atoms with Gasteiger partial charge < -0.3 is 15.4 Å². The van der Waals surface area contributed by atoms with Gasteiger partial charge in [0.2, 0.25) is 0 Å². The molecule has 0 spiro atoms. The van der Waals surface area contributed by atoms with Crippen molar-refractivity contribution in [2.75, 3.05) is 25.2 Å². The summed E-state index contributed by atoms with van der Waals surface area (Å²) >= 11 is 0. The van der Waals surface area contributed by atoms with Gasteiger partial charge in [-0.05, 0) is 49.8 Å². The molecule has 0 aliphatic carbocycles. The summed E-state index contributed by atoms with van der Waals surface area (Å²) in [6.45, 7) is 6.12. The topological polar surface area (TPSA) is 38.5 Å². The molecular formula is C17H28N2O. The lowest BCUT2D eigenvalue weighted by atomic mass is 10.00. The number of hydrogen-bond acceptors (Lipinski definition) is 3. The molecule has 1 fully saturated rings. The molecule has 2 N–H and O–H groups in total. The Balaban J connectivity index is 2.08. The lowest BCUT2D eigenvalue weighted by Crippen LogP contribution is -2.37. The molecule has 3 heteroatoms. The Morgan fingerprint density at radius 1 is 1.35 bits per heavy atom. The van der Waals surface area contributed by atoms with Crippen molar-refractivity contribution in [1.29, 1.82) is 0 Å². The summed E-state index contributed by atoms with van der Waals surface area (Å²) in [5, 5.41) is 0. The Kier molecular flexibility index (Phi) is 5.44. The van der Waals surface area contributed by atoms with Gasteiger partial charge in [0, 0.05) is 38.0 Å². The molecule has 112 valence electrons. The van der Waals surface area contributed by atoms with Crippen LogP contribution in [-0.2, 0) is 11.2 Å². The number of hydrogen-bond donors (Lipinski definition) is 1. The van der Waals surface area contributed by atoms with E-state index in [4.69, 9.17) is 10.5 Å². The van der Waals surface area contributed by atoms with Crippen LogP contribution in [0.1, 0.15) is 37.3 Å². The van der Waals surface area contributed by atoms with Crippen molar-refractivity contribution in [2.45, 2.75) is 51.6 Å². The Hall–Kier alpha value is -1.06. The van der Waals surface area contributed by atoms with Crippen molar-refractivity contribution >= 4 is 5.69 Å². The molecule has 0 aromatic heterocycles. The van der Waals surface area contributed by atoms with E-state index in [1.165, 1.54) is 16.8 Å². The third-order valence-corrected chi connectivity index (χ3v) is 4.40. The summed E-state index contributed by atoms with van der Waals surface area (Å²) in [5.41, 5.74) is 10.1. The highest BCUT2D eigenvalue weighted by atomic mass is 16.5. The van der Waals surface area contributed by atoms with E-state index < -0.39 is 0 Å². The van der Waals surface area contributed by atoms with Gasteiger partial charge in [0.25, 0.3) is 0 Å². The van der Waals surface area contributed by atoms with E-state index in [0.29, 0.717) is 6.04 Å². The van der Waals surface area contributed by atoms with Gasteiger partial charge in [0.15, 0.2) is 0 Å². The Morgan fingerprint density at radius 2 is 2.05 bits per heavy atom. The van der Waals surface area contributed by atoms with Gasteiger partial charge in [-0.2, -0.15) is 0 Å². The normalized spacial score (nSPS) is 18.0. The van der Waals surface area contributed by atoms with Crippen LogP contribution in [0.2, 0.25) is 0 Å². The lowest BCUT2D eigenvalue weighted by Gasteiger charge is -2.34. The molecule has 1 aromatic carbocycles. The summed E-state index contributed by atoms with van der Waals surface area (Å²) in [5.74, 6) is 0. The summed E-state index contributed by atoms with van der Waals surface area (Å²) in [6.07, 6.45) is 4.25. The summed E-state index contributed by atoms with van der Waals surface area (Å²) in [4.78, 5) is 2.42. The average Bonchev–Trinajstić information content (AvgIpc) is 2.47. The van der Waals surface area contributed by atoms with Crippen LogP contribution < -0.4 is 10.6 Å². The predicted octanol–water partition coefficient (Wildman–Crippen LogP) is 2.89. The number of nitrogens with two attached hydrogens (primary N) is 1. The number of rotatable bonds is 5. The second kappa shape index (κ2) is 7.09. The largest absolute Gasteiger partial charge is 0.381 e. The fourth-order valence-corrected chi connectivity index (χ4v) is 2.96. The van der Waals surface area contributed by atoms with E-state index in [1.54, 1.807) is 0 Å². The van der Waals surface area contributed by atoms with Gasteiger partial charge in [-0.1, -0.05) is 19.1 Å². The Morgan fingerprint density at radius 3 is 2.65 bits per heavy atom. The summed E-state index contributed by atoms with van der Waals surface area (Å²) in [7, 11) is 2.20. The molecule has 1 saturated heterocycles. The molecule has 1 atom stereocenters. The molecule has 0 saturated carbocycles. The lowest BCUT2D eigenvalue weighted by molar-refractivity contribution is 0.0854. The van der Waals surface area contributed by atoms with Crippen LogP contribution in [0, 0.1) is 6.92 Å². The first kappa shape index (κ1) is 15.3. The molecule has 2 rings (SSSR count). The molecule has 0 amide bonds.